The lowest BCUT2D eigenvalue weighted by molar-refractivity contribution is 0.0953. The van der Waals surface area contributed by atoms with Crippen molar-refractivity contribution < 1.29 is 13.2 Å². The number of nitrogens with zero attached hydrogens (tertiary/aromatic N) is 2. The SMILES string of the molecule is CN(CCCNC(=O)c1sccc1S(=O)(=O)N1CCc2ccccc2C1)Cc1ccccc1. The maximum absolute atomic E-state index is 13.3. The molecule has 0 saturated heterocycles. The number of benzene rings is 2. The van der Waals surface area contributed by atoms with Gasteiger partial charge in [0.1, 0.15) is 9.77 Å². The average molecular weight is 484 g/mol. The van der Waals surface area contributed by atoms with Crippen LogP contribution < -0.4 is 5.32 Å². The number of rotatable bonds is 9. The van der Waals surface area contributed by atoms with Gasteiger partial charge in [-0.1, -0.05) is 54.6 Å². The first-order valence-corrected chi connectivity index (χ1v) is 13.4. The number of sulfonamides is 1. The number of carbonyl (C=O) groups excluding carboxylic acids is 1. The average Bonchev–Trinajstić information content (AvgIpc) is 3.33. The van der Waals surface area contributed by atoms with Crippen LogP contribution in [-0.2, 0) is 29.5 Å². The number of nitrogens with one attached hydrogen (secondary N) is 1. The quantitative estimate of drug-likeness (QED) is 0.471. The third-order valence-electron chi connectivity index (χ3n) is 5.85. The Kier molecular flexibility index (Phi) is 7.60. The van der Waals surface area contributed by atoms with Gasteiger partial charge in [-0.15, -0.1) is 11.3 Å². The third kappa shape index (κ3) is 5.70. The number of thiophene rings is 1. The Labute approximate surface area is 199 Å². The van der Waals surface area contributed by atoms with E-state index in [1.807, 2.05) is 42.5 Å². The summed E-state index contributed by atoms with van der Waals surface area (Å²) in [6, 6.07) is 19.7. The molecule has 0 aliphatic carbocycles. The normalized spacial score (nSPS) is 14.2. The second-order valence-corrected chi connectivity index (χ2v) is 11.1. The van der Waals surface area contributed by atoms with Crippen LogP contribution in [-0.4, -0.2) is 50.2 Å². The van der Waals surface area contributed by atoms with Gasteiger partial charge in [-0.2, -0.15) is 4.31 Å². The largest absolute Gasteiger partial charge is 0.351 e. The van der Waals surface area contributed by atoms with Crippen LogP contribution >= 0.6 is 11.3 Å². The minimum Gasteiger partial charge on any atom is -0.351 e. The molecule has 3 aromatic rings. The highest BCUT2D eigenvalue weighted by Gasteiger charge is 2.32. The Hall–Kier alpha value is -2.52. The second kappa shape index (κ2) is 10.6. The van der Waals surface area contributed by atoms with E-state index in [9.17, 15) is 13.2 Å². The maximum Gasteiger partial charge on any atom is 0.262 e. The molecule has 0 saturated carbocycles. The topological polar surface area (TPSA) is 69.7 Å². The summed E-state index contributed by atoms with van der Waals surface area (Å²) in [6.07, 6.45) is 1.46. The molecule has 8 heteroatoms. The monoisotopic (exact) mass is 483 g/mol. The number of carbonyl (C=O) groups is 1. The molecule has 4 rings (SSSR count). The van der Waals surface area contributed by atoms with Gasteiger partial charge in [-0.3, -0.25) is 4.79 Å². The smallest absolute Gasteiger partial charge is 0.262 e. The zero-order valence-corrected chi connectivity index (χ0v) is 20.4. The Morgan fingerprint density at radius 1 is 1.06 bits per heavy atom. The zero-order chi connectivity index (χ0) is 23.3. The van der Waals surface area contributed by atoms with E-state index >= 15 is 0 Å². The summed E-state index contributed by atoms with van der Waals surface area (Å²) in [5.74, 6) is -0.327. The first kappa shape index (κ1) is 23.6. The van der Waals surface area contributed by atoms with Gasteiger partial charge in [-0.25, -0.2) is 8.42 Å². The van der Waals surface area contributed by atoms with Crippen LogP contribution in [0, 0.1) is 0 Å². The van der Waals surface area contributed by atoms with E-state index in [1.54, 1.807) is 11.4 Å². The molecule has 2 heterocycles. The molecule has 33 heavy (non-hydrogen) atoms. The van der Waals surface area contributed by atoms with Crippen LogP contribution in [0.3, 0.4) is 0 Å². The predicted octanol–water partition coefficient (Wildman–Crippen LogP) is 3.75. The van der Waals surface area contributed by atoms with Gasteiger partial charge in [0, 0.05) is 26.2 Å². The summed E-state index contributed by atoms with van der Waals surface area (Å²) in [6.45, 7) is 2.93. The molecule has 1 N–H and O–H groups in total. The molecule has 1 aromatic heterocycles. The van der Waals surface area contributed by atoms with Gasteiger partial charge >= 0.3 is 0 Å². The molecule has 6 nitrogen and oxygen atoms in total. The number of amides is 1. The fourth-order valence-electron chi connectivity index (χ4n) is 4.09. The van der Waals surface area contributed by atoms with Crippen molar-refractivity contribution in [3.63, 3.8) is 0 Å². The molecule has 1 amide bonds. The van der Waals surface area contributed by atoms with Gasteiger partial charge in [0.05, 0.1) is 0 Å². The van der Waals surface area contributed by atoms with Crippen LogP contribution in [0.1, 0.15) is 32.8 Å². The van der Waals surface area contributed by atoms with E-state index in [2.05, 4.69) is 29.4 Å². The minimum absolute atomic E-state index is 0.102. The first-order chi connectivity index (χ1) is 15.9. The third-order valence-corrected chi connectivity index (χ3v) is 8.78. The minimum atomic E-state index is -3.74. The van der Waals surface area contributed by atoms with Crippen LogP contribution in [0.15, 0.2) is 70.9 Å². The van der Waals surface area contributed by atoms with Crippen molar-refractivity contribution in [1.82, 2.24) is 14.5 Å². The standard InChI is InChI=1S/C25H29N3O3S2/c1-27(18-20-8-3-2-4-9-20)15-7-14-26-25(29)24-23(13-17-32-24)33(30,31)28-16-12-21-10-5-6-11-22(21)19-28/h2-6,8-11,13,17H,7,12,14-16,18-19H2,1H3,(H,26,29). The summed E-state index contributed by atoms with van der Waals surface area (Å²) in [4.78, 5) is 15.4. The summed E-state index contributed by atoms with van der Waals surface area (Å²) >= 11 is 1.17. The van der Waals surface area contributed by atoms with Crippen molar-refractivity contribution in [3.8, 4) is 0 Å². The van der Waals surface area contributed by atoms with Crippen molar-refractivity contribution in [2.45, 2.75) is 30.8 Å². The predicted molar refractivity (Wildman–Crippen MR) is 132 cm³/mol. The van der Waals surface area contributed by atoms with Crippen LogP contribution in [0.2, 0.25) is 0 Å². The van der Waals surface area contributed by atoms with E-state index in [1.165, 1.54) is 26.8 Å². The molecule has 174 valence electrons. The molecule has 1 aliphatic heterocycles. The van der Waals surface area contributed by atoms with Crippen molar-refractivity contribution in [2.24, 2.45) is 0 Å². The zero-order valence-electron chi connectivity index (χ0n) is 18.7. The van der Waals surface area contributed by atoms with E-state index in [0.717, 1.165) is 25.1 Å². The molecular formula is C25H29N3O3S2. The van der Waals surface area contributed by atoms with Crippen LogP contribution in [0.25, 0.3) is 0 Å². The van der Waals surface area contributed by atoms with E-state index in [-0.39, 0.29) is 15.7 Å². The first-order valence-electron chi connectivity index (χ1n) is 11.1. The van der Waals surface area contributed by atoms with Gasteiger partial charge in [-0.05, 0) is 54.6 Å². The molecule has 0 fully saturated rings. The van der Waals surface area contributed by atoms with E-state index in [0.29, 0.717) is 26.1 Å². The van der Waals surface area contributed by atoms with Crippen molar-refractivity contribution in [1.29, 1.82) is 0 Å². The fourth-order valence-corrected chi connectivity index (χ4v) is 6.82. The Morgan fingerprint density at radius 2 is 1.79 bits per heavy atom. The maximum atomic E-state index is 13.3. The van der Waals surface area contributed by atoms with Gasteiger partial charge in [0.25, 0.3) is 5.91 Å². The number of hydrogen-bond acceptors (Lipinski definition) is 5. The summed E-state index contributed by atoms with van der Waals surface area (Å²) < 4.78 is 28.1. The molecule has 0 radical (unpaired) electrons. The molecular weight excluding hydrogens is 454 g/mol. The van der Waals surface area contributed by atoms with Gasteiger partial charge in [0.15, 0.2) is 0 Å². The Balaban J connectivity index is 1.32. The highest BCUT2D eigenvalue weighted by atomic mass is 32.2. The van der Waals surface area contributed by atoms with Gasteiger partial charge < -0.3 is 10.2 Å². The highest BCUT2D eigenvalue weighted by Crippen LogP contribution is 2.29. The van der Waals surface area contributed by atoms with Crippen LogP contribution in [0.4, 0.5) is 0 Å². The molecule has 0 spiro atoms. The highest BCUT2D eigenvalue weighted by molar-refractivity contribution is 7.89. The second-order valence-electron chi connectivity index (χ2n) is 8.30. The summed E-state index contributed by atoms with van der Waals surface area (Å²) in [5, 5.41) is 4.57. The van der Waals surface area contributed by atoms with Crippen molar-refractivity contribution in [3.05, 3.63) is 87.6 Å². The lowest BCUT2D eigenvalue weighted by Crippen LogP contribution is -2.37. The summed E-state index contributed by atoms with van der Waals surface area (Å²) in [7, 11) is -1.69. The van der Waals surface area contributed by atoms with Crippen molar-refractivity contribution >= 4 is 27.3 Å². The fraction of sp³-hybridized carbons (Fsp3) is 0.320. The summed E-state index contributed by atoms with van der Waals surface area (Å²) in [5.41, 5.74) is 3.45. The van der Waals surface area contributed by atoms with Gasteiger partial charge in [0.2, 0.25) is 10.0 Å². The van der Waals surface area contributed by atoms with Crippen molar-refractivity contribution in [2.75, 3.05) is 26.7 Å². The molecule has 1 aliphatic rings. The van der Waals surface area contributed by atoms with E-state index < -0.39 is 10.0 Å². The molecule has 2 aromatic carbocycles. The van der Waals surface area contributed by atoms with E-state index in [4.69, 9.17) is 0 Å². The molecule has 0 atom stereocenters. The Bertz CT molecular complexity index is 1190. The lowest BCUT2D eigenvalue weighted by Gasteiger charge is -2.28. The number of fused-ring (bicyclic) bond motifs is 1. The molecule has 0 bridgehead atoms. The number of hydrogen-bond donors (Lipinski definition) is 1. The van der Waals surface area contributed by atoms with Crippen LogP contribution in [0.5, 0.6) is 0 Å². The Morgan fingerprint density at radius 3 is 2.58 bits per heavy atom. The lowest BCUT2D eigenvalue weighted by atomic mass is 10.0. The molecule has 0 unspecified atom stereocenters.